The molecule has 1 aliphatic heterocycles. The Kier molecular flexibility index (Phi) is 4.66. The monoisotopic (exact) mass is 414 g/mol. The standard InChI is InChI=1S/C19H8Cl2N2O3S/c20-14-2-1-3-15(21)13(14)5-4-10-8-22-9-11-6-12(26-17(10)11)7-16-18(24)23-19(25)27-16/h1-3,6-9H,(H,23,24,25)/b16-7+. The number of aromatic nitrogens is 1. The van der Waals surface area contributed by atoms with E-state index in [9.17, 15) is 9.59 Å². The summed E-state index contributed by atoms with van der Waals surface area (Å²) in [4.78, 5) is 27.4. The summed E-state index contributed by atoms with van der Waals surface area (Å²) in [7, 11) is 0. The Balaban J connectivity index is 1.75. The van der Waals surface area contributed by atoms with Crippen molar-refractivity contribution in [2.75, 3.05) is 0 Å². The lowest BCUT2D eigenvalue weighted by Gasteiger charge is -1.98. The Labute approximate surface area is 167 Å². The second-order valence-electron chi connectivity index (χ2n) is 5.45. The summed E-state index contributed by atoms with van der Waals surface area (Å²) in [5, 5.41) is 3.41. The van der Waals surface area contributed by atoms with Gasteiger partial charge in [-0.25, -0.2) is 0 Å². The van der Waals surface area contributed by atoms with Crippen LogP contribution in [0.1, 0.15) is 16.9 Å². The molecule has 5 nitrogen and oxygen atoms in total. The summed E-state index contributed by atoms with van der Waals surface area (Å²) in [5.74, 6) is 5.89. The van der Waals surface area contributed by atoms with Crippen molar-refractivity contribution in [2.24, 2.45) is 0 Å². The largest absolute Gasteiger partial charge is 0.455 e. The van der Waals surface area contributed by atoms with Gasteiger partial charge in [0.15, 0.2) is 5.58 Å². The normalized spacial score (nSPS) is 15.1. The van der Waals surface area contributed by atoms with Crippen LogP contribution in [0.3, 0.4) is 0 Å². The van der Waals surface area contributed by atoms with E-state index in [1.54, 1.807) is 36.7 Å². The van der Waals surface area contributed by atoms with Crippen molar-refractivity contribution in [3.8, 4) is 11.8 Å². The average molecular weight is 415 g/mol. The number of hydrogen-bond donors (Lipinski definition) is 1. The maximum absolute atomic E-state index is 11.7. The Morgan fingerprint density at radius 3 is 2.63 bits per heavy atom. The summed E-state index contributed by atoms with van der Waals surface area (Å²) in [6, 6.07) is 6.88. The van der Waals surface area contributed by atoms with Crippen LogP contribution in [0.5, 0.6) is 0 Å². The van der Waals surface area contributed by atoms with Gasteiger partial charge in [-0.05, 0) is 30.0 Å². The minimum absolute atomic E-state index is 0.266. The van der Waals surface area contributed by atoms with E-state index in [1.165, 1.54) is 6.08 Å². The molecule has 132 valence electrons. The highest BCUT2D eigenvalue weighted by molar-refractivity contribution is 8.18. The van der Waals surface area contributed by atoms with Gasteiger partial charge in [0.2, 0.25) is 0 Å². The predicted octanol–water partition coefficient (Wildman–Crippen LogP) is 4.86. The second-order valence-corrected chi connectivity index (χ2v) is 7.28. The molecule has 3 aromatic rings. The highest BCUT2D eigenvalue weighted by atomic mass is 35.5. The number of benzene rings is 1. The third-order valence-electron chi connectivity index (χ3n) is 3.64. The number of imide groups is 1. The SMILES string of the molecule is O=C1NC(=O)/C(=C\c2cc3cncc(C#Cc4c(Cl)cccc4Cl)c3o2)S1. The van der Waals surface area contributed by atoms with Crippen LogP contribution in [-0.2, 0) is 4.79 Å². The van der Waals surface area contributed by atoms with Gasteiger partial charge in [-0.2, -0.15) is 0 Å². The molecule has 8 heteroatoms. The Bertz CT molecular complexity index is 1180. The molecule has 1 N–H and O–H groups in total. The Hall–Kier alpha value is -2.72. The van der Waals surface area contributed by atoms with Gasteiger partial charge in [0.05, 0.1) is 26.1 Å². The van der Waals surface area contributed by atoms with Gasteiger partial charge in [0, 0.05) is 23.9 Å². The van der Waals surface area contributed by atoms with Crippen molar-refractivity contribution in [3.05, 3.63) is 68.5 Å². The van der Waals surface area contributed by atoms with Gasteiger partial charge in [-0.3, -0.25) is 19.9 Å². The van der Waals surface area contributed by atoms with Crippen LogP contribution < -0.4 is 5.32 Å². The van der Waals surface area contributed by atoms with E-state index in [4.69, 9.17) is 27.6 Å². The topological polar surface area (TPSA) is 72.2 Å². The molecule has 1 aromatic carbocycles. The van der Waals surface area contributed by atoms with Crippen LogP contribution in [0.4, 0.5) is 4.79 Å². The maximum Gasteiger partial charge on any atom is 0.290 e. The molecule has 1 fully saturated rings. The van der Waals surface area contributed by atoms with Crippen LogP contribution >= 0.6 is 35.0 Å². The molecular formula is C19H8Cl2N2O3S. The van der Waals surface area contributed by atoms with E-state index in [-0.39, 0.29) is 4.91 Å². The fraction of sp³-hybridized carbons (Fsp3) is 0. The number of carbonyl (C=O) groups is 2. The first-order valence-electron chi connectivity index (χ1n) is 7.60. The summed E-state index contributed by atoms with van der Waals surface area (Å²) in [5.41, 5.74) is 1.58. The van der Waals surface area contributed by atoms with Crippen LogP contribution in [0.2, 0.25) is 10.0 Å². The Morgan fingerprint density at radius 1 is 1.15 bits per heavy atom. The fourth-order valence-corrected chi connectivity index (χ4v) is 3.59. The maximum atomic E-state index is 11.7. The molecular weight excluding hydrogens is 407 g/mol. The highest BCUT2D eigenvalue weighted by Crippen LogP contribution is 2.29. The van der Waals surface area contributed by atoms with Crippen molar-refractivity contribution >= 4 is 63.2 Å². The molecule has 0 atom stereocenters. The lowest BCUT2D eigenvalue weighted by Crippen LogP contribution is -2.17. The van der Waals surface area contributed by atoms with Gasteiger partial charge >= 0.3 is 0 Å². The molecule has 27 heavy (non-hydrogen) atoms. The van der Waals surface area contributed by atoms with E-state index in [0.29, 0.717) is 37.9 Å². The molecule has 4 rings (SSSR count). The van der Waals surface area contributed by atoms with Crippen LogP contribution in [0, 0.1) is 11.8 Å². The third-order valence-corrected chi connectivity index (χ3v) is 5.08. The van der Waals surface area contributed by atoms with Gasteiger partial charge in [-0.1, -0.05) is 41.1 Å². The van der Waals surface area contributed by atoms with Crippen molar-refractivity contribution in [1.82, 2.24) is 10.3 Å². The lowest BCUT2D eigenvalue weighted by atomic mass is 10.2. The van der Waals surface area contributed by atoms with Crippen LogP contribution in [0.15, 0.2) is 46.0 Å². The molecule has 2 aromatic heterocycles. The molecule has 0 radical (unpaired) electrons. The molecule has 0 aliphatic carbocycles. The minimum atomic E-state index is -0.447. The number of rotatable bonds is 1. The van der Waals surface area contributed by atoms with E-state index in [1.807, 2.05) is 0 Å². The summed E-state index contributed by atoms with van der Waals surface area (Å²) in [6.45, 7) is 0. The summed E-state index contributed by atoms with van der Waals surface area (Å²) < 4.78 is 5.80. The number of fused-ring (bicyclic) bond motifs is 1. The van der Waals surface area contributed by atoms with Gasteiger partial charge in [0.25, 0.3) is 11.1 Å². The van der Waals surface area contributed by atoms with E-state index in [2.05, 4.69) is 22.1 Å². The summed E-state index contributed by atoms with van der Waals surface area (Å²) in [6.07, 6.45) is 4.70. The van der Waals surface area contributed by atoms with Gasteiger partial charge in [-0.15, -0.1) is 0 Å². The molecule has 0 unspecified atom stereocenters. The van der Waals surface area contributed by atoms with E-state index in [0.717, 1.165) is 11.8 Å². The zero-order valence-electron chi connectivity index (χ0n) is 13.4. The molecule has 2 amide bonds. The first-order chi connectivity index (χ1) is 13.0. The van der Waals surface area contributed by atoms with Crippen molar-refractivity contribution in [3.63, 3.8) is 0 Å². The number of furan rings is 1. The zero-order chi connectivity index (χ0) is 19.0. The number of amides is 2. The number of nitrogens with zero attached hydrogens (tertiary/aromatic N) is 1. The van der Waals surface area contributed by atoms with E-state index < -0.39 is 11.1 Å². The Morgan fingerprint density at radius 2 is 1.93 bits per heavy atom. The van der Waals surface area contributed by atoms with Crippen molar-refractivity contribution < 1.29 is 14.0 Å². The van der Waals surface area contributed by atoms with Crippen LogP contribution in [-0.4, -0.2) is 16.1 Å². The second kappa shape index (κ2) is 7.12. The van der Waals surface area contributed by atoms with Gasteiger partial charge in [0.1, 0.15) is 5.76 Å². The van der Waals surface area contributed by atoms with Gasteiger partial charge < -0.3 is 4.42 Å². The number of nitrogens with one attached hydrogen (secondary N) is 1. The molecule has 1 aliphatic rings. The molecule has 0 saturated carbocycles. The number of carbonyl (C=O) groups excluding carboxylic acids is 2. The highest BCUT2D eigenvalue weighted by Gasteiger charge is 2.25. The molecule has 1 saturated heterocycles. The predicted molar refractivity (Wildman–Crippen MR) is 106 cm³/mol. The zero-order valence-corrected chi connectivity index (χ0v) is 15.7. The minimum Gasteiger partial charge on any atom is -0.455 e. The number of thioether (sulfide) groups is 1. The van der Waals surface area contributed by atoms with E-state index >= 15 is 0 Å². The quantitative estimate of drug-likeness (QED) is 0.454. The first kappa shape index (κ1) is 17.7. The number of pyridine rings is 1. The molecule has 3 heterocycles. The van der Waals surface area contributed by atoms with Crippen LogP contribution in [0.25, 0.3) is 17.0 Å². The average Bonchev–Trinajstić information content (AvgIpc) is 3.17. The number of halogens is 2. The lowest BCUT2D eigenvalue weighted by molar-refractivity contribution is -0.115. The van der Waals surface area contributed by atoms with Crippen molar-refractivity contribution in [2.45, 2.75) is 0 Å². The van der Waals surface area contributed by atoms with Crippen molar-refractivity contribution in [1.29, 1.82) is 0 Å². The molecule has 0 spiro atoms. The fourth-order valence-electron chi connectivity index (χ4n) is 2.44. The first-order valence-corrected chi connectivity index (χ1v) is 9.17. The third kappa shape index (κ3) is 3.58. The summed E-state index contributed by atoms with van der Waals surface area (Å²) >= 11 is 13.1. The smallest absolute Gasteiger partial charge is 0.290 e. The number of hydrogen-bond acceptors (Lipinski definition) is 5. The molecule has 0 bridgehead atoms.